The second-order valence-electron chi connectivity index (χ2n) is 7.13. The average molecular weight is 359 g/mol. The minimum atomic E-state index is -0.441. The fourth-order valence-corrected chi connectivity index (χ4v) is 3.16. The van der Waals surface area contributed by atoms with Gasteiger partial charge < -0.3 is 14.6 Å². The molecule has 1 amide bonds. The van der Waals surface area contributed by atoms with Crippen LogP contribution in [-0.2, 0) is 18.2 Å². The van der Waals surface area contributed by atoms with Crippen LogP contribution in [-0.4, -0.2) is 50.3 Å². The van der Waals surface area contributed by atoms with E-state index in [1.807, 2.05) is 6.07 Å². The van der Waals surface area contributed by atoms with E-state index in [2.05, 4.69) is 28.9 Å². The summed E-state index contributed by atoms with van der Waals surface area (Å²) in [5, 5.41) is 4.45. The quantitative estimate of drug-likeness (QED) is 0.886. The lowest BCUT2D eigenvalue weighted by atomic mass is 10.1. The molecule has 0 radical (unpaired) electrons. The Bertz CT molecular complexity index is 855. The molecule has 8 nitrogen and oxygen atoms in total. The highest BCUT2D eigenvalue weighted by Gasteiger charge is 2.29. The summed E-state index contributed by atoms with van der Waals surface area (Å²) in [6, 6.07) is 3.29. The fourth-order valence-electron chi connectivity index (χ4n) is 3.16. The van der Waals surface area contributed by atoms with Crippen LogP contribution in [0.5, 0.6) is 0 Å². The zero-order chi connectivity index (χ0) is 18.8. The van der Waals surface area contributed by atoms with Crippen LogP contribution in [0.2, 0.25) is 0 Å². The highest BCUT2D eigenvalue weighted by molar-refractivity contribution is 5.92. The molecule has 0 unspecified atom stereocenters. The van der Waals surface area contributed by atoms with Gasteiger partial charge >= 0.3 is 0 Å². The van der Waals surface area contributed by atoms with Crippen LogP contribution in [0.15, 0.2) is 16.9 Å². The molecule has 8 heteroatoms. The number of aromatic amines is 1. The van der Waals surface area contributed by atoms with Crippen molar-refractivity contribution in [3.8, 4) is 0 Å². The molecule has 26 heavy (non-hydrogen) atoms. The summed E-state index contributed by atoms with van der Waals surface area (Å²) in [5.41, 5.74) is 1.89. The first-order valence-electron chi connectivity index (χ1n) is 8.85. The van der Waals surface area contributed by atoms with Gasteiger partial charge in [-0.15, -0.1) is 0 Å². The summed E-state index contributed by atoms with van der Waals surface area (Å²) in [5.74, 6) is 0.848. The number of carbonyl (C=O) groups is 1. The Balaban J connectivity index is 1.78. The van der Waals surface area contributed by atoms with Crippen molar-refractivity contribution >= 4 is 5.91 Å². The van der Waals surface area contributed by atoms with E-state index in [4.69, 9.17) is 4.74 Å². The smallest absolute Gasteiger partial charge is 0.272 e. The van der Waals surface area contributed by atoms with Gasteiger partial charge in [-0.3, -0.25) is 14.3 Å². The van der Waals surface area contributed by atoms with Crippen molar-refractivity contribution in [2.75, 3.05) is 19.7 Å². The van der Waals surface area contributed by atoms with E-state index in [1.54, 1.807) is 23.6 Å². The lowest BCUT2D eigenvalue weighted by Gasteiger charge is -2.32. The third-order valence-corrected chi connectivity index (χ3v) is 4.31. The van der Waals surface area contributed by atoms with Gasteiger partial charge in [-0.2, -0.15) is 5.10 Å². The number of aryl methyl sites for hydroxylation is 2. The van der Waals surface area contributed by atoms with E-state index >= 15 is 0 Å². The molecule has 0 aromatic carbocycles. The van der Waals surface area contributed by atoms with Crippen LogP contribution >= 0.6 is 0 Å². The monoisotopic (exact) mass is 359 g/mol. The number of amides is 1. The second kappa shape index (κ2) is 7.41. The number of ether oxygens (including phenoxy) is 1. The maximum Gasteiger partial charge on any atom is 0.272 e. The average Bonchev–Trinajstić information content (AvgIpc) is 2.93. The first kappa shape index (κ1) is 18.3. The molecule has 2 aromatic rings. The third-order valence-electron chi connectivity index (χ3n) is 4.31. The number of H-pyrrole nitrogens is 1. The van der Waals surface area contributed by atoms with Gasteiger partial charge in [-0.1, -0.05) is 13.8 Å². The molecule has 1 aliphatic heterocycles. The number of aromatic nitrogens is 4. The maximum absolute atomic E-state index is 12.9. The predicted octanol–water partition coefficient (Wildman–Crippen LogP) is 1.22. The minimum absolute atomic E-state index is 0.0849. The Kier molecular flexibility index (Phi) is 5.22. The molecule has 0 bridgehead atoms. The Morgan fingerprint density at radius 2 is 2.19 bits per heavy atom. The summed E-state index contributed by atoms with van der Waals surface area (Å²) in [7, 11) is 1.79. The van der Waals surface area contributed by atoms with Crippen LogP contribution in [0, 0.1) is 12.8 Å². The molecule has 1 aliphatic rings. The number of rotatable bonds is 4. The van der Waals surface area contributed by atoms with E-state index < -0.39 is 6.10 Å². The van der Waals surface area contributed by atoms with Crippen molar-refractivity contribution in [3.05, 3.63) is 45.4 Å². The third kappa shape index (κ3) is 4.01. The minimum Gasteiger partial charge on any atom is -0.367 e. The fraction of sp³-hybridized carbons (Fsp3) is 0.556. The molecule has 140 valence electrons. The zero-order valence-electron chi connectivity index (χ0n) is 15.7. The van der Waals surface area contributed by atoms with Gasteiger partial charge in [0.1, 0.15) is 17.6 Å². The van der Waals surface area contributed by atoms with Gasteiger partial charge in [-0.25, -0.2) is 4.98 Å². The van der Waals surface area contributed by atoms with Crippen LogP contribution in [0.3, 0.4) is 0 Å². The molecule has 3 heterocycles. The molecular weight excluding hydrogens is 334 g/mol. The van der Waals surface area contributed by atoms with Crippen LogP contribution < -0.4 is 5.56 Å². The zero-order valence-corrected chi connectivity index (χ0v) is 15.7. The Morgan fingerprint density at radius 1 is 1.42 bits per heavy atom. The van der Waals surface area contributed by atoms with E-state index in [0.29, 0.717) is 42.8 Å². The van der Waals surface area contributed by atoms with Crippen molar-refractivity contribution in [1.82, 2.24) is 24.6 Å². The van der Waals surface area contributed by atoms with Crippen LogP contribution in [0.1, 0.15) is 47.7 Å². The standard InChI is InChI=1S/C18H25N5O3/c1-11(2)7-13-9-14(22(4)21-13)18(25)23-5-6-26-15(10-23)17-19-12(3)8-16(24)20-17/h8-9,11,15H,5-7,10H2,1-4H3,(H,19,20,24)/t15-/m1/s1. The first-order valence-corrected chi connectivity index (χ1v) is 8.85. The van der Waals surface area contributed by atoms with E-state index in [-0.39, 0.29) is 11.5 Å². The summed E-state index contributed by atoms with van der Waals surface area (Å²) >= 11 is 0. The predicted molar refractivity (Wildman–Crippen MR) is 95.9 cm³/mol. The molecule has 0 saturated carbocycles. The van der Waals surface area contributed by atoms with Crippen LogP contribution in [0.25, 0.3) is 0 Å². The lowest BCUT2D eigenvalue weighted by Crippen LogP contribution is -2.43. The lowest BCUT2D eigenvalue weighted by molar-refractivity contribution is -0.0273. The van der Waals surface area contributed by atoms with Crippen molar-refractivity contribution < 1.29 is 9.53 Å². The molecule has 1 saturated heterocycles. The van der Waals surface area contributed by atoms with Gasteiger partial charge in [0.05, 0.1) is 18.8 Å². The number of nitrogens with one attached hydrogen (secondary N) is 1. The van der Waals surface area contributed by atoms with Crippen molar-refractivity contribution in [2.24, 2.45) is 13.0 Å². The number of hydrogen-bond donors (Lipinski definition) is 1. The van der Waals surface area contributed by atoms with E-state index in [1.165, 1.54) is 6.07 Å². The number of morpholine rings is 1. The van der Waals surface area contributed by atoms with Gasteiger partial charge in [0, 0.05) is 25.4 Å². The maximum atomic E-state index is 12.9. The van der Waals surface area contributed by atoms with Crippen molar-refractivity contribution in [1.29, 1.82) is 0 Å². The summed E-state index contributed by atoms with van der Waals surface area (Å²) in [4.78, 5) is 33.4. The molecule has 1 N–H and O–H groups in total. The Morgan fingerprint density at radius 3 is 2.88 bits per heavy atom. The molecule has 0 aliphatic carbocycles. The van der Waals surface area contributed by atoms with Gasteiger partial charge in [-0.05, 0) is 25.3 Å². The highest BCUT2D eigenvalue weighted by atomic mass is 16.5. The molecule has 3 rings (SSSR count). The molecule has 0 spiro atoms. The first-order chi connectivity index (χ1) is 12.3. The van der Waals surface area contributed by atoms with Gasteiger partial charge in [0.15, 0.2) is 0 Å². The highest BCUT2D eigenvalue weighted by Crippen LogP contribution is 2.20. The summed E-state index contributed by atoms with van der Waals surface area (Å²) in [6.07, 6.45) is 0.394. The normalized spacial score (nSPS) is 17.7. The second-order valence-corrected chi connectivity index (χ2v) is 7.13. The number of carbonyl (C=O) groups excluding carboxylic acids is 1. The van der Waals surface area contributed by atoms with Gasteiger partial charge in [0.25, 0.3) is 11.5 Å². The summed E-state index contributed by atoms with van der Waals surface area (Å²) in [6.45, 7) is 7.24. The summed E-state index contributed by atoms with van der Waals surface area (Å²) < 4.78 is 7.37. The van der Waals surface area contributed by atoms with Gasteiger partial charge in [0.2, 0.25) is 0 Å². The molecule has 2 aromatic heterocycles. The molecule has 1 fully saturated rings. The largest absolute Gasteiger partial charge is 0.367 e. The van der Waals surface area contributed by atoms with E-state index in [9.17, 15) is 9.59 Å². The number of nitrogens with zero attached hydrogens (tertiary/aromatic N) is 4. The van der Waals surface area contributed by atoms with Crippen molar-refractivity contribution in [2.45, 2.75) is 33.3 Å². The van der Waals surface area contributed by atoms with E-state index in [0.717, 1.165) is 12.1 Å². The van der Waals surface area contributed by atoms with Crippen LogP contribution in [0.4, 0.5) is 0 Å². The van der Waals surface area contributed by atoms with Crippen molar-refractivity contribution in [3.63, 3.8) is 0 Å². The molecular formula is C18H25N5O3. The number of hydrogen-bond acceptors (Lipinski definition) is 5. The Hall–Kier alpha value is -2.48. The molecule has 1 atom stereocenters. The SMILES string of the molecule is Cc1cc(=O)[nH]c([C@H]2CN(C(=O)c3cc(CC(C)C)nn3C)CCO2)n1. The topological polar surface area (TPSA) is 93.1 Å². The Labute approximate surface area is 152 Å².